The number of esters is 1. The number of hydrogen-bond acceptors (Lipinski definition) is 3. The first kappa shape index (κ1) is 20.7. The average Bonchev–Trinajstić information content (AvgIpc) is 2.50. The number of piperidine rings is 1. The predicted molar refractivity (Wildman–Crippen MR) is 85.0 cm³/mol. The highest BCUT2D eigenvalue weighted by atomic mass is 35.5. The van der Waals surface area contributed by atoms with Gasteiger partial charge in [-0.05, 0) is 38.8 Å². The van der Waals surface area contributed by atoms with Crippen LogP contribution < -0.4 is 23.0 Å². The summed E-state index contributed by atoms with van der Waals surface area (Å²) < 4.78 is 19.1. The van der Waals surface area contributed by atoms with Crippen molar-refractivity contribution in [2.45, 2.75) is 45.3 Å². The molecule has 0 radical (unpaired) electrons. The maximum atomic E-state index is 14.0. The number of anilines is 1. The van der Waals surface area contributed by atoms with Crippen molar-refractivity contribution < 1.29 is 36.4 Å². The molecule has 1 unspecified atom stereocenters. The fourth-order valence-corrected chi connectivity index (χ4v) is 2.72. The van der Waals surface area contributed by atoms with E-state index in [1.807, 2.05) is 5.32 Å². The van der Waals surface area contributed by atoms with Crippen LogP contribution in [0.5, 0.6) is 0 Å². The Morgan fingerprint density at radius 3 is 2.67 bits per heavy atom. The van der Waals surface area contributed by atoms with Crippen LogP contribution in [0.2, 0.25) is 5.02 Å². The number of nitrogens with two attached hydrogens (primary N) is 1. The number of quaternary nitrogens is 1. The highest BCUT2D eigenvalue weighted by Gasteiger charge is 2.26. The number of hydrogen-bond donors (Lipinski definition) is 2. The van der Waals surface area contributed by atoms with Crippen LogP contribution in [0.3, 0.4) is 0 Å². The molecule has 134 valence electrons. The van der Waals surface area contributed by atoms with Gasteiger partial charge >= 0.3 is 5.97 Å². The molecule has 1 amide bonds. The summed E-state index contributed by atoms with van der Waals surface area (Å²) in [5, 5.41) is 4.44. The lowest BCUT2D eigenvalue weighted by molar-refractivity contribution is -0.684. The lowest BCUT2D eigenvalue weighted by atomic mass is 10.0. The summed E-state index contributed by atoms with van der Waals surface area (Å²) >= 11 is 5.91. The molecule has 1 aliphatic rings. The van der Waals surface area contributed by atoms with E-state index in [1.165, 1.54) is 6.07 Å². The number of carbonyl (C=O) groups is 2. The van der Waals surface area contributed by atoms with Gasteiger partial charge in [-0.15, -0.1) is 0 Å². The van der Waals surface area contributed by atoms with E-state index >= 15 is 0 Å². The number of nitrogens with one attached hydrogen (secondary N) is 1. The van der Waals surface area contributed by atoms with E-state index in [9.17, 15) is 14.0 Å². The lowest BCUT2D eigenvalue weighted by Crippen LogP contribution is -3.00. The van der Waals surface area contributed by atoms with Crippen LogP contribution in [0.15, 0.2) is 12.1 Å². The molecule has 0 bridgehead atoms. The smallest absolute Gasteiger partial charge is 0.339 e. The molecule has 3 N–H and O–H groups in total. The third-order valence-electron chi connectivity index (χ3n) is 3.63. The highest BCUT2D eigenvalue weighted by molar-refractivity contribution is 6.33. The maximum Gasteiger partial charge on any atom is 0.339 e. The van der Waals surface area contributed by atoms with Crippen LogP contribution in [0.4, 0.5) is 10.1 Å². The van der Waals surface area contributed by atoms with E-state index in [-0.39, 0.29) is 46.7 Å². The molecular weight excluding hydrogens is 358 g/mol. The summed E-state index contributed by atoms with van der Waals surface area (Å²) in [5.41, 5.74) is -0.0289. The van der Waals surface area contributed by atoms with Gasteiger partial charge in [0.1, 0.15) is 5.82 Å². The van der Waals surface area contributed by atoms with Crippen LogP contribution in [0.25, 0.3) is 0 Å². The second-order valence-corrected chi connectivity index (χ2v) is 6.29. The molecule has 1 saturated heterocycles. The molecule has 8 heteroatoms. The zero-order chi connectivity index (χ0) is 17.0. The Balaban J connectivity index is 0.00000288. The standard InChI is InChI=1S/C16H20ClFN2O3.ClH/c1-9(2)23-16(22)10-7-14(12(18)8-11(10)17)20-15(21)13-5-3-4-6-19-13;/h7-9,13,19H,3-6H2,1-2H3,(H,20,21);1H. The summed E-state index contributed by atoms with van der Waals surface area (Å²) in [5.74, 6) is -1.60. The van der Waals surface area contributed by atoms with Gasteiger partial charge in [0.15, 0.2) is 6.04 Å². The van der Waals surface area contributed by atoms with Crippen LogP contribution >= 0.6 is 11.6 Å². The quantitative estimate of drug-likeness (QED) is 0.667. The van der Waals surface area contributed by atoms with Gasteiger partial charge in [-0.3, -0.25) is 4.79 Å². The number of amides is 1. The van der Waals surface area contributed by atoms with E-state index < -0.39 is 11.8 Å². The number of carbonyl (C=O) groups excluding carboxylic acids is 2. The first-order valence-corrected chi connectivity index (χ1v) is 8.10. The molecule has 1 heterocycles. The third kappa shape index (κ3) is 5.33. The number of halogens is 3. The summed E-state index contributed by atoms with van der Waals surface area (Å²) in [7, 11) is 0. The fourth-order valence-electron chi connectivity index (χ4n) is 2.49. The minimum atomic E-state index is -0.680. The van der Waals surface area contributed by atoms with Gasteiger partial charge in [-0.2, -0.15) is 0 Å². The topological polar surface area (TPSA) is 72.0 Å². The van der Waals surface area contributed by atoms with Crippen molar-refractivity contribution in [3.8, 4) is 0 Å². The normalized spacial score (nSPS) is 17.1. The van der Waals surface area contributed by atoms with Crippen molar-refractivity contribution >= 4 is 29.2 Å². The molecule has 5 nitrogen and oxygen atoms in total. The fraction of sp³-hybridized carbons (Fsp3) is 0.500. The van der Waals surface area contributed by atoms with Crippen molar-refractivity contribution in [3.63, 3.8) is 0 Å². The van der Waals surface area contributed by atoms with Gasteiger partial charge < -0.3 is 27.8 Å². The van der Waals surface area contributed by atoms with Crippen LogP contribution in [-0.4, -0.2) is 30.6 Å². The predicted octanol–water partition coefficient (Wildman–Crippen LogP) is -0.897. The highest BCUT2D eigenvalue weighted by Crippen LogP contribution is 2.25. The molecule has 1 aromatic rings. The Morgan fingerprint density at radius 2 is 2.08 bits per heavy atom. The van der Waals surface area contributed by atoms with Crippen molar-refractivity contribution in [1.82, 2.24) is 0 Å². The first-order chi connectivity index (χ1) is 10.9. The molecule has 2 rings (SSSR count). The molecular formula is C16H21Cl2FN2O3. The van der Waals surface area contributed by atoms with Gasteiger partial charge in [-0.1, -0.05) is 11.6 Å². The molecule has 0 aliphatic carbocycles. The SMILES string of the molecule is CC(C)OC(=O)c1cc(NC(=O)C2CCCC[NH2+]2)c(F)cc1Cl.[Cl-]. The second kappa shape index (κ2) is 9.20. The van der Waals surface area contributed by atoms with Crippen LogP contribution in [-0.2, 0) is 9.53 Å². The van der Waals surface area contributed by atoms with Gasteiger partial charge in [0.2, 0.25) is 0 Å². The van der Waals surface area contributed by atoms with Crippen molar-refractivity contribution in [2.24, 2.45) is 0 Å². The zero-order valence-electron chi connectivity index (χ0n) is 13.6. The molecule has 1 atom stereocenters. The molecule has 1 fully saturated rings. The summed E-state index contributed by atoms with van der Waals surface area (Å²) in [6, 6.07) is 2.01. The summed E-state index contributed by atoms with van der Waals surface area (Å²) in [6.45, 7) is 4.29. The Bertz CT molecular complexity index is 605. The monoisotopic (exact) mass is 378 g/mol. The molecule has 0 saturated carbocycles. The van der Waals surface area contributed by atoms with Crippen molar-refractivity contribution in [2.75, 3.05) is 11.9 Å². The van der Waals surface area contributed by atoms with Crippen molar-refractivity contribution in [1.29, 1.82) is 0 Å². The van der Waals surface area contributed by atoms with Crippen LogP contribution in [0.1, 0.15) is 43.5 Å². The Kier molecular flexibility index (Phi) is 7.93. The van der Waals surface area contributed by atoms with Gasteiger partial charge in [0, 0.05) is 6.42 Å². The first-order valence-electron chi connectivity index (χ1n) is 7.72. The maximum absolute atomic E-state index is 14.0. The van der Waals surface area contributed by atoms with Crippen molar-refractivity contribution in [3.05, 3.63) is 28.5 Å². The second-order valence-electron chi connectivity index (χ2n) is 5.88. The lowest BCUT2D eigenvalue weighted by Gasteiger charge is -2.20. The Labute approximate surface area is 151 Å². The minimum Gasteiger partial charge on any atom is -1.00 e. The van der Waals surface area contributed by atoms with E-state index in [4.69, 9.17) is 16.3 Å². The molecule has 1 aliphatic heterocycles. The van der Waals surface area contributed by atoms with Crippen LogP contribution in [0, 0.1) is 5.82 Å². The number of rotatable bonds is 4. The Hall–Kier alpha value is -1.37. The van der Waals surface area contributed by atoms with E-state index in [0.717, 1.165) is 31.9 Å². The Morgan fingerprint density at radius 1 is 1.38 bits per heavy atom. The van der Waals surface area contributed by atoms with E-state index in [2.05, 4.69) is 5.32 Å². The summed E-state index contributed by atoms with van der Waals surface area (Å²) in [4.78, 5) is 24.2. The summed E-state index contributed by atoms with van der Waals surface area (Å²) in [6.07, 6.45) is 2.48. The zero-order valence-corrected chi connectivity index (χ0v) is 15.1. The van der Waals surface area contributed by atoms with E-state index in [0.29, 0.717) is 0 Å². The van der Waals surface area contributed by atoms with Gasteiger partial charge in [0.25, 0.3) is 5.91 Å². The third-order valence-corrected chi connectivity index (χ3v) is 3.95. The molecule has 24 heavy (non-hydrogen) atoms. The van der Waals surface area contributed by atoms with Gasteiger partial charge in [-0.25, -0.2) is 9.18 Å². The molecule has 0 aromatic heterocycles. The average molecular weight is 379 g/mol. The molecule has 0 spiro atoms. The molecule has 1 aromatic carbocycles. The largest absolute Gasteiger partial charge is 1.00 e. The van der Waals surface area contributed by atoms with E-state index in [1.54, 1.807) is 13.8 Å². The number of benzene rings is 1. The number of ether oxygens (including phenoxy) is 1. The minimum absolute atomic E-state index is 0. The van der Waals surface area contributed by atoms with Gasteiger partial charge in [0.05, 0.1) is 28.9 Å².